The molecular weight excluding hydrogens is 537 g/mol. The molecule has 1 aliphatic carbocycles. The smallest absolute Gasteiger partial charge is 0.434 e. The van der Waals surface area contributed by atoms with Crippen LogP contribution in [0.25, 0.3) is 22.8 Å². The lowest BCUT2D eigenvalue weighted by atomic mass is 10.1. The third kappa shape index (κ3) is 5.07. The standard InChI is InChI=1S/C28H27F3N8O2/c1-15(2)38-13-20(28(29,30)31)36-24(38)18-6-4-16(5-7-18)12-39-25-19(11-33-27(39)40)10-32-23(37-25)21-22(17-8-9-17)34-14-35-26(21)41-3/h4-7,10,13-15,17H,8-9,11-12H2,1-3H3,(H,33,40). The fourth-order valence-electron chi connectivity index (χ4n) is 4.88. The predicted molar refractivity (Wildman–Crippen MR) is 143 cm³/mol. The third-order valence-corrected chi connectivity index (χ3v) is 7.13. The van der Waals surface area contributed by atoms with Crippen LogP contribution in [0.4, 0.5) is 23.8 Å². The first kappa shape index (κ1) is 26.7. The Morgan fingerprint density at radius 3 is 2.51 bits per heavy atom. The van der Waals surface area contributed by atoms with Gasteiger partial charge in [0, 0.05) is 42.0 Å². The van der Waals surface area contributed by atoms with E-state index in [1.807, 2.05) is 0 Å². The zero-order valence-corrected chi connectivity index (χ0v) is 22.6. The molecule has 0 saturated heterocycles. The highest BCUT2D eigenvalue weighted by Gasteiger charge is 2.36. The van der Waals surface area contributed by atoms with Crippen LogP contribution in [0.2, 0.25) is 0 Å². The molecule has 1 N–H and O–H groups in total. The summed E-state index contributed by atoms with van der Waals surface area (Å²) >= 11 is 0. The molecular formula is C28H27F3N8O2. The second-order valence-electron chi connectivity index (χ2n) is 10.4. The molecule has 13 heteroatoms. The number of ether oxygens (including phenoxy) is 1. The molecule has 212 valence electrons. The molecule has 2 aliphatic rings. The normalized spacial score (nSPS) is 15.2. The number of hydrogen-bond donors (Lipinski definition) is 1. The fourth-order valence-corrected chi connectivity index (χ4v) is 4.88. The summed E-state index contributed by atoms with van der Waals surface area (Å²) in [4.78, 5) is 36.4. The van der Waals surface area contributed by atoms with Gasteiger partial charge in [-0.2, -0.15) is 13.2 Å². The van der Waals surface area contributed by atoms with Gasteiger partial charge in [-0.15, -0.1) is 0 Å². The SMILES string of the molecule is COc1ncnc(C2CC2)c1-c1ncc2c(n1)N(Cc1ccc(-c3nc(C(F)(F)F)cn3C(C)C)cc1)C(=O)NC2. The van der Waals surface area contributed by atoms with Crippen LogP contribution in [0.3, 0.4) is 0 Å². The summed E-state index contributed by atoms with van der Waals surface area (Å²) in [7, 11) is 1.53. The number of carbonyl (C=O) groups is 1. The maximum Gasteiger partial charge on any atom is 0.434 e. The molecule has 1 saturated carbocycles. The van der Waals surface area contributed by atoms with Gasteiger partial charge in [0.15, 0.2) is 11.5 Å². The number of anilines is 1. The minimum atomic E-state index is -4.54. The Hall–Kier alpha value is -4.55. The van der Waals surface area contributed by atoms with Crippen molar-refractivity contribution >= 4 is 11.8 Å². The Morgan fingerprint density at radius 1 is 1.10 bits per heavy atom. The quantitative estimate of drug-likeness (QED) is 0.315. The van der Waals surface area contributed by atoms with Crippen LogP contribution in [-0.2, 0) is 19.3 Å². The number of carbonyl (C=O) groups excluding carboxylic acids is 1. The predicted octanol–water partition coefficient (Wildman–Crippen LogP) is 5.51. The van der Waals surface area contributed by atoms with E-state index in [0.717, 1.165) is 35.9 Å². The van der Waals surface area contributed by atoms with Crippen LogP contribution >= 0.6 is 0 Å². The zero-order valence-electron chi connectivity index (χ0n) is 22.6. The van der Waals surface area contributed by atoms with Crippen molar-refractivity contribution in [1.82, 2.24) is 34.8 Å². The molecule has 2 amide bonds. The minimum Gasteiger partial charge on any atom is -0.480 e. The van der Waals surface area contributed by atoms with E-state index in [1.54, 1.807) is 44.3 Å². The Bertz CT molecular complexity index is 1610. The summed E-state index contributed by atoms with van der Waals surface area (Å²) in [6.07, 6.45) is 1.66. The number of hydrogen-bond acceptors (Lipinski definition) is 7. The second-order valence-corrected chi connectivity index (χ2v) is 10.4. The monoisotopic (exact) mass is 564 g/mol. The van der Waals surface area contributed by atoms with E-state index in [4.69, 9.17) is 9.72 Å². The van der Waals surface area contributed by atoms with Crippen molar-refractivity contribution in [3.8, 4) is 28.7 Å². The fraction of sp³-hybridized carbons (Fsp3) is 0.357. The van der Waals surface area contributed by atoms with Crippen LogP contribution in [-0.4, -0.2) is 42.6 Å². The number of halogens is 3. The summed E-state index contributed by atoms with van der Waals surface area (Å²) in [5.74, 6) is 1.72. The van der Waals surface area contributed by atoms with Crippen molar-refractivity contribution in [1.29, 1.82) is 0 Å². The molecule has 0 bridgehead atoms. The van der Waals surface area contributed by atoms with Crippen LogP contribution in [0.1, 0.15) is 61.2 Å². The highest BCUT2D eigenvalue weighted by molar-refractivity contribution is 5.93. The van der Waals surface area contributed by atoms with E-state index < -0.39 is 11.9 Å². The zero-order chi connectivity index (χ0) is 28.9. The minimum absolute atomic E-state index is 0.180. The first-order valence-electron chi connectivity index (χ1n) is 13.2. The van der Waals surface area contributed by atoms with Gasteiger partial charge in [-0.3, -0.25) is 4.90 Å². The molecule has 0 radical (unpaired) electrons. The van der Waals surface area contributed by atoms with Crippen LogP contribution in [0, 0.1) is 0 Å². The average molecular weight is 565 g/mol. The van der Waals surface area contributed by atoms with Crippen LogP contribution < -0.4 is 15.0 Å². The number of imidazole rings is 1. The van der Waals surface area contributed by atoms with Crippen molar-refractivity contribution in [3.05, 3.63) is 65.5 Å². The number of benzene rings is 1. The number of rotatable bonds is 7. The van der Waals surface area contributed by atoms with Gasteiger partial charge >= 0.3 is 12.2 Å². The summed E-state index contributed by atoms with van der Waals surface area (Å²) in [6, 6.07) is 6.41. The summed E-state index contributed by atoms with van der Waals surface area (Å²) < 4.78 is 47.0. The van der Waals surface area contributed by atoms with Gasteiger partial charge in [-0.1, -0.05) is 24.3 Å². The van der Waals surface area contributed by atoms with Gasteiger partial charge in [-0.25, -0.2) is 29.7 Å². The molecule has 10 nitrogen and oxygen atoms in total. The van der Waals surface area contributed by atoms with Gasteiger partial charge in [-0.05, 0) is 32.3 Å². The highest BCUT2D eigenvalue weighted by atomic mass is 19.4. The highest BCUT2D eigenvalue weighted by Crippen LogP contribution is 2.45. The third-order valence-electron chi connectivity index (χ3n) is 7.13. The number of aromatic nitrogens is 6. The van der Waals surface area contributed by atoms with Gasteiger partial charge in [0.05, 0.1) is 19.3 Å². The van der Waals surface area contributed by atoms with Gasteiger partial charge in [0.1, 0.15) is 23.5 Å². The largest absolute Gasteiger partial charge is 0.480 e. The molecule has 4 aromatic rings. The van der Waals surface area contributed by atoms with Crippen molar-refractivity contribution in [2.24, 2.45) is 0 Å². The van der Waals surface area contributed by atoms with Gasteiger partial charge in [0.2, 0.25) is 5.88 Å². The number of amides is 2. The number of alkyl halides is 3. The second kappa shape index (κ2) is 10.1. The number of fused-ring (bicyclic) bond motifs is 1. The summed E-state index contributed by atoms with van der Waals surface area (Å²) in [6.45, 7) is 4.06. The van der Waals surface area contributed by atoms with Gasteiger partial charge in [0.25, 0.3) is 0 Å². The Morgan fingerprint density at radius 2 is 1.85 bits per heavy atom. The van der Waals surface area contributed by atoms with Gasteiger partial charge < -0.3 is 14.6 Å². The molecule has 0 unspecified atom stereocenters. The molecule has 41 heavy (non-hydrogen) atoms. The maximum absolute atomic E-state index is 13.3. The lowest BCUT2D eigenvalue weighted by Gasteiger charge is -2.29. The average Bonchev–Trinajstić information content (AvgIpc) is 3.70. The van der Waals surface area contributed by atoms with Crippen molar-refractivity contribution in [3.63, 3.8) is 0 Å². The molecule has 3 aromatic heterocycles. The van der Waals surface area contributed by atoms with Crippen molar-refractivity contribution in [2.75, 3.05) is 12.0 Å². The van der Waals surface area contributed by atoms with Crippen molar-refractivity contribution < 1.29 is 22.7 Å². The number of nitrogens with zero attached hydrogens (tertiary/aromatic N) is 7. The van der Waals surface area contributed by atoms with E-state index in [-0.39, 0.29) is 36.9 Å². The molecule has 0 atom stereocenters. The molecule has 4 heterocycles. The number of methoxy groups -OCH3 is 1. The molecule has 1 aliphatic heterocycles. The molecule has 1 aromatic carbocycles. The first-order valence-corrected chi connectivity index (χ1v) is 13.2. The summed E-state index contributed by atoms with van der Waals surface area (Å²) in [5, 5.41) is 2.84. The lowest BCUT2D eigenvalue weighted by molar-refractivity contribution is -0.140. The molecule has 6 rings (SSSR count). The van der Waals surface area contributed by atoms with Crippen molar-refractivity contribution in [2.45, 2.75) is 57.9 Å². The van der Waals surface area contributed by atoms with E-state index >= 15 is 0 Å². The first-order chi connectivity index (χ1) is 19.6. The number of nitrogens with one attached hydrogen (secondary N) is 1. The number of urea groups is 1. The lowest BCUT2D eigenvalue weighted by Crippen LogP contribution is -2.44. The van der Waals surface area contributed by atoms with Crippen LogP contribution in [0.15, 0.2) is 43.0 Å². The van der Waals surface area contributed by atoms with E-state index in [9.17, 15) is 18.0 Å². The summed E-state index contributed by atoms with van der Waals surface area (Å²) in [5.41, 5.74) is 2.55. The Kier molecular flexibility index (Phi) is 6.59. The molecule has 1 fully saturated rings. The Balaban J connectivity index is 1.32. The van der Waals surface area contributed by atoms with E-state index in [2.05, 4.69) is 25.3 Å². The van der Waals surface area contributed by atoms with E-state index in [1.165, 1.54) is 22.9 Å². The van der Waals surface area contributed by atoms with Crippen LogP contribution in [0.5, 0.6) is 5.88 Å². The maximum atomic E-state index is 13.3. The molecule has 0 spiro atoms. The Labute approximate surface area is 233 Å². The topological polar surface area (TPSA) is 111 Å². The van der Waals surface area contributed by atoms with E-state index in [0.29, 0.717) is 28.6 Å².